The molecule has 7 nitrogen and oxygen atoms in total. The molecule has 0 saturated heterocycles. The third kappa shape index (κ3) is 7.69. The molecule has 1 heterocycles. The molecule has 3 rings (SSSR count). The molecule has 0 spiro atoms. The van der Waals surface area contributed by atoms with Gasteiger partial charge >= 0.3 is 0 Å². The molecule has 2 aromatic carbocycles. The number of nitrogens with zero attached hydrogens (tertiary/aromatic N) is 3. The van der Waals surface area contributed by atoms with Crippen molar-refractivity contribution in [1.29, 1.82) is 0 Å². The number of benzene rings is 2. The van der Waals surface area contributed by atoms with Crippen molar-refractivity contribution in [2.24, 2.45) is 0 Å². The first-order chi connectivity index (χ1) is 16.9. The first-order valence-corrected chi connectivity index (χ1v) is 11.3. The SMILES string of the molecule is C=CCOC[C@H](O)CN(CCOC)Cc1c(C)nn(-c2ccc(F)cc2)c1Oc1cccc(F)c1. The third-order valence-electron chi connectivity index (χ3n) is 5.23. The van der Waals surface area contributed by atoms with Crippen LogP contribution in [0.25, 0.3) is 5.69 Å². The van der Waals surface area contributed by atoms with Gasteiger partial charge in [0.2, 0.25) is 5.88 Å². The minimum atomic E-state index is -0.730. The van der Waals surface area contributed by atoms with Crippen LogP contribution in [-0.4, -0.2) is 65.9 Å². The summed E-state index contributed by atoms with van der Waals surface area (Å²) < 4.78 is 45.7. The van der Waals surface area contributed by atoms with E-state index in [0.29, 0.717) is 55.9 Å². The summed E-state index contributed by atoms with van der Waals surface area (Å²) in [5, 5.41) is 15.1. The van der Waals surface area contributed by atoms with E-state index in [9.17, 15) is 13.9 Å². The summed E-state index contributed by atoms with van der Waals surface area (Å²) in [6.07, 6.45) is 0.894. The van der Waals surface area contributed by atoms with Crippen LogP contribution >= 0.6 is 0 Å². The number of rotatable bonds is 14. The lowest BCUT2D eigenvalue weighted by atomic mass is 10.2. The molecule has 1 atom stereocenters. The van der Waals surface area contributed by atoms with Crippen LogP contribution in [0, 0.1) is 18.6 Å². The van der Waals surface area contributed by atoms with Crippen molar-refractivity contribution >= 4 is 0 Å². The van der Waals surface area contributed by atoms with Gasteiger partial charge in [-0.05, 0) is 43.3 Å². The van der Waals surface area contributed by atoms with Crippen molar-refractivity contribution in [2.75, 3.05) is 40.0 Å². The normalized spacial score (nSPS) is 12.2. The van der Waals surface area contributed by atoms with E-state index in [0.717, 1.165) is 5.56 Å². The lowest BCUT2D eigenvalue weighted by molar-refractivity contribution is 0.0192. The van der Waals surface area contributed by atoms with E-state index >= 15 is 0 Å². The Morgan fingerprint density at radius 2 is 1.94 bits per heavy atom. The highest BCUT2D eigenvalue weighted by molar-refractivity contribution is 5.43. The zero-order valence-corrected chi connectivity index (χ0v) is 20.0. The topological polar surface area (TPSA) is 69.0 Å². The molecule has 0 bridgehead atoms. The zero-order valence-electron chi connectivity index (χ0n) is 20.0. The monoisotopic (exact) mass is 487 g/mol. The highest BCUT2D eigenvalue weighted by Gasteiger charge is 2.23. The van der Waals surface area contributed by atoms with E-state index in [-0.39, 0.29) is 12.4 Å². The first-order valence-electron chi connectivity index (χ1n) is 11.3. The number of aliphatic hydroxyl groups is 1. The molecule has 3 aromatic rings. The predicted octanol–water partition coefficient (Wildman–Crippen LogP) is 4.26. The Kier molecular flexibility index (Phi) is 9.92. The van der Waals surface area contributed by atoms with Crippen molar-refractivity contribution in [3.8, 4) is 17.3 Å². The maximum Gasteiger partial charge on any atom is 0.227 e. The van der Waals surface area contributed by atoms with E-state index in [1.807, 2.05) is 11.8 Å². The van der Waals surface area contributed by atoms with Crippen molar-refractivity contribution < 1.29 is 28.1 Å². The van der Waals surface area contributed by atoms with Gasteiger partial charge in [-0.1, -0.05) is 12.1 Å². The molecule has 0 unspecified atom stereocenters. The lowest BCUT2D eigenvalue weighted by Gasteiger charge is -2.25. The van der Waals surface area contributed by atoms with Gasteiger partial charge in [0.25, 0.3) is 0 Å². The van der Waals surface area contributed by atoms with Crippen LogP contribution in [0.2, 0.25) is 0 Å². The van der Waals surface area contributed by atoms with Crippen molar-refractivity contribution in [2.45, 2.75) is 19.6 Å². The molecule has 0 aliphatic rings. The Morgan fingerprint density at radius 1 is 1.17 bits per heavy atom. The quantitative estimate of drug-likeness (QED) is 0.271. The molecule has 0 saturated carbocycles. The van der Waals surface area contributed by atoms with Crippen LogP contribution in [0.15, 0.2) is 61.2 Å². The van der Waals surface area contributed by atoms with Crippen molar-refractivity contribution in [1.82, 2.24) is 14.7 Å². The summed E-state index contributed by atoms with van der Waals surface area (Å²) in [6.45, 7) is 7.64. The summed E-state index contributed by atoms with van der Waals surface area (Å²) in [5.41, 5.74) is 2.02. The number of hydrogen-bond acceptors (Lipinski definition) is 6. The predicted molar refractivity (Wildman–Crippen MR) is 129 cm³/mol. The van der Waals surface area contributed by atoms with E-state index in [1.54, 1.807) is 42.1 Å². The van der Waals surface area contributed by atoms with Crippen LogP contribution < -0.4 is 4.74 Å². The summed E-state index contributed by atoms with van der Waals surface area (Å²) in [4.78, 5) is 2.00. The van der Waals surface area contributed by atoms with Gasteiger partial charge < -0.3 is 19.3 Å². The van der Waals surface area contributed by atoms with Crippen LogP contribution in [0.3, 0.4) is 0 Å². The second-order valence-corrected chi connectivity index (χ2v) is 8.02. The summed E-state index contributed by atoms with van der Waals surface area (Å²) in [5.74, 6) is -0.128. The molecular weight excluding hydrogens is 456 g/mol. The Morgan fingerprint density at radius 3 is 2.63 bits per heavy atom. The van der Waals surface area contributed by atoms with E-state index in [2.05, 4.69) is 11.7 Å². The third-order valence-corrected chi connectivity index (χ3v) is 5.23. The van der Waals surface area contributed by atoms with E-state index in [4.69, 9.17) is 14.2 Å². The minimum absolute atomic E-state index is 0.163. The Hall–Kier alpha value is -3.11. The second-order valence-electron chi connectivity index (χ2n) is 8.02. The Bertz CT molecular complexity index is 1090. The highest BCUT2D eigenvalue weighted by atomic mass is 19.1. The molecule has 35 heavy (non-hydrogen) atoms. The van der Waals surface area contributed by atoms with Gasteiger partial charge in [-0.2, -0.15) is 5.10 Å². The van der Waals surface area contributed by atoms with Crippen LogP contribution in [0.4, 0.5) is 8.78 Å². The van der Waals surface area contributed by atoms with Gasteiger partial charge in [-0.15, -0.1) is 6.58 Å². The molecule has 0 fully saturated rings. The Labute approximate surface area is 204 Å². The average Bonchev–Trinajstić information content (AvgIpc) is 3.13. The second kappa shape index (κ2) is 13.1. The fourth-order valence-electron chi connectivity index (χ4n) is 3.54. The molecule has 0 aliphatic carbocycles. The van der Waals surface area contributed by atoms with Gasteiger partial charge in [-0.3, -0.25) is 4.90 Å². The van der Waals surface area contributed by atoms with Gasteiger partial charge in [0, 0.05) is 32.8 Å². The molecule has 0 amide bonds. The van der Waals surface area contributed by atoms with Crippen LogP contribution in [0.5, 0.6) is 11.6 Å². The lowest BCUT2D eigenvalue weighted by Crippen LogP contribution is -2.36. The smallest absolute Gasteiger partial charge is 0.227 e. The van der Waals surface area contributed by atoms with E-state index in [1.165, 1.54) is 24.3 Å². The molecule has 9 heteroatoms. The maximum absolute atomic E-state index is 13.9. The molecular formula is C26H31F2N3O4. The Balaban J connectivity index is 1.94. The average molecular weight is 488 g/mol. The minimum Gasteiger partial charge on any atom is -0.438 e. The number of ether oxygens (including phenoxy) is 3. The highest BCUT2D eigenvalue weighted by Crippen LogP contribution is 2.32. The van der Waals surface area contributed by atoms with Crippen LogP contribution in [0.1, 0.15) is 11.3 Å². The van der Waals surface area contributed by atoms with Gasteiger partial charge in [0.1, 0.15) is 17.4 Å². The summed E-state index contributed by atoms with van der Waals surface area (Å²) >= 11 is 0. The van der Waals surface area contributed by atoms with Crippen LogP contribution in [-0.2, 0) is 16.0 Å². The molecule has 188 valence electrons. The van der Waals surface area contributed by atoms with Crippen molar-refractivity contribution in [3.63, 3.8) is 0 Å². The molecule has 1 aromatic heterocycles. The van der Waals surface area contributed by atoms with Crippen molar-refractivity contribution in [3.05, 3.63) is 84.1 Å². The van der Waals surface area contributed by atoms with Gasteiger partial charge in [-0.25, -0.2) is 13.5 Å². The maximum atomic E-state index is 13.9. The first kappa shape index (κ1) is 26.5. The molecule has 1 N–H and O–H groups in total. The van der Waals surface area contributed by atoms with Gasteiger partial charge in [0.05, 0.1) is 42.9 Å². The van der Waals surface area contributed by atoms with Gasteiger partial charge in [0.15, 0.2) is 0 Å². The number of methoxy groups -OCH3 is 1. The number of aryl methyl sites for hydroxylation is 1. The number of hydrogen-bond donors (Lipinski definition) is 1. The zero-order chi connectivity index (χ0) is 25.2. The fraction of sp³-hybridized carbons (Fsp3) is 0.346. The molecule has 0 aliphatic heterocycles. The number of halogens is 2. The largest absolute Gasteiger partial charge is 0.438 e. The summed E-state index contributed by atoms with van der Waals surface area (Å²) in [6, 6.07) is 11.7. The standard InChI is InChI=1S/C26H31F2N3O4/c1-4-13-34-18-23(32)16-30(12-14-33-3)17-25-19(2)29-31(22-10-8-20(27)9-11-22)26(25)35-24-7-5-6-21(28)15-24/h4-11,15,23,32H,1,12-14,16-18H2,2-3H3/t23-/m1/s1. The number of aromatic nitrogens is 2. The summed E-state index contributed by atoms with van der Waals surface area (Å²) in [7, 11) is 1.61. The fourth-order valence-corrected chi connectivity index (χ4v) is 3.54. The molecule has 0 radical (unpaired) electrons. The van der Waals surface area contributed by atoms with E-state index < -0.39 is 11.9 Å². The number of aliphatic hydroxyl groups excluding tert-OH is 1.